The van der Waals surface area contributed by atoms with Crippen molar-refractivity contribution in [1.82, 2.24) is 0 Å². The Balaban J connectivity index is 2.52. The SMILES string of the molecule is CCCC(CC(=O)O)OC(=O)C=Cc1ccccc1. The van der Waals surface area contributed by atoms with Gasteiger partial charge >= 0.3 is 11.9 Å². The largest absolute Gasteiger partial charge is 0.481 e. The predicted octanol–water partition coefficient (Wildman–Crippen LogP) is 2.89. The lowest BCUT2D eigenvalue weighted by atomic mass is 10.1. The Labute approximate surface area is 112 Å². The molecule has 0 amide bonds. The summed E-state index contributed by atoms with van der Waals surface area (Å²) >= 11 is 0. The van der Waals surface area contributed by atoms with E-state index in [0.29, 0.717) is 6.42 Å². The molecular formula is C15H18O4. The van der Waals surface area contributed by atoms with E-state index < -0.39 is 18.0 Å². The van der Waals surface area contributed by atoms with Crippen molar-refractivity contribution in [3.8, 4) is 0 Å². The Bertz CT molecular complexity index is 437. The number of hydrogen-bond acceptors (Lipinski definition) is 3. The molecule has 4 nitrogen and oxygen atoms in total. The molecule has 19 heavy (non-hydrogen) atoms. The van der Waals surface area contributed by atoms with Crippen molar-refractivity contribution in [2.75, 3.05) is 0 Å². The Morgan fingerprint density at radius 2 is 2.00 bits per heavy atom. The molecule has 0 heterocycles. The molecule has 0 aliphatic rings. The zero-order chi connectivity index (χ0) is 14.1. The molecule has 0 saturated carbocycles. The molecule has 1 aromatic carbocycles. The molecule has 0 aliphatic heterocycles. The third-order valence-electron chi connectivity index (χ3n) is 2.51. The van der Waals surface area contributed by atoms with Gasteiger partial charge in [0.1, 0.15) is 6.10 Å². The molecule has 0 fully saturated rings. The Kier molecular flexibility index (Phi) is 6.36. The molecule has 0 aliphatic carbocycles. The fraction of sp³-hybridized carbons (Fsp3) is 0.333. The third kappa shape index (κ3) is 6.41. The number of benzene rings is 1. The minimum absolute atomic E-state index is 0.154. The van der Waals surface area contributed by atoms with Crippen LogP contribution in [0.5, 0.6) is 0 Å². The predicted molar refractivity (Wildman–Crippen MR) is 72.5 cm³/mol. The minimum atomic E-state index is -0.960. The zero-order valence-corrected chi connectivity index (χ0v) is 10.9. The zero-order valence-electron chi connectivity index (χ0n) is 10.9. The number of carboxylic acids is 1. The maximum Gasteiger partial charge on any atom is 0.331 e. The number of rotatable bonds is 7. The van der Waals surface area contributed by atoms with Crippen LogP contribution in [0.3, 0.4) is 0 Å². The van der Waals surface area contributed by atoms with E-state index in [0.717, 1.165) is 12.0 Å². The normalized spacial score (nSPS) is 12.3. The first-order valence-corrected chi connectivity index (χ1v) is 6.27. The van der Waals surface area contributed by atoms with Gasteiger partial charge in [0.2, 0.25) is 0 Å². The highest BCUT2D eigenvalue weighted by atomic mass is 16.5. The third-order valence-corrected chi connectivity index (χ3v) is 2.51. The summed E-state index contributed by atoms with van der Waals surface area (Å²) in [6.45, 7) is 1.92. The van der Waals surface area contributed by atoms with Crippen LogP contribution in [0, 0.1) is 0 Å². The first-order valence-electron chi connectivity index (χ1n) is 6.27. The fourth-order valence-electron chi connectivity index (χ4n) is 1.65. The first kappa shape index (κ1) is 15.0. The van der Waals surface area contributed by atoms with Gasteiger partial charge < -0.3 is 9.84 Å². The van der Waals surface area contributed by atoms with Gasteiger partial charge in [0, 0.05) is 6.08 Å². The summed E-state index contributed by atoms with van der Waals surface area (Å²) in [5, 5.41) is 8.72. The van der Waals surface area contributed by atoms with Crippen LogP contribution in [0.15, 0.2) is 36.4 Å². The fourth-order valence-corrected chi connectivity index (χ4v) is 1.65. The van der Waals surface area contributed by atoms with Crippen molar-refractivity contribution in [1.29, 1.82) is 0 Å². The van der Waals surface area contributed by atoms with Crippen LogP contribution in [0.4, 0.5) is 0 Å². The molecule has 102 valence electrons. The molecule has 4 heteroatoms. The van der Waals surface area contributed by atoms with Crippen LogP contribution in [0.2, 0.25) is 0 Å². The second-order valence-electron chi connectivity index (χ2n) is 4.19. The number of esters is 1. The lowest BCUT2D eigenvalue weighted by molar-refractivity contribution is -0.148. The Hall–Kier alpha value is -2.10. The number of aliphatic carboxylic acids is 1. The molecule has 1 atom stereocenters. The second-order valence-corrected chi connectivity index (χ2v) is 4.19. The van der Waals surface area contributed by atoms with Crippen LogP contribution in [-0.4, -0.2) is 23.1 Å². The monoisotopic (exact) mass is 262 g/mol. The van der Waals surface area contributed by atoms with E-state index in [4.69, 9.17) is 9.84 Å². The number of carbonyl (C=O) groups excluding carboxylic acids is 1. The molecular weight excluding hydrogens is 244 g/mol. The highest BCUT2D eigenvalue weighted by Gasteiger charge is 2.15. The van der Waals surface area contributed by atoms with Gasteiger partial charge in [-0.2, -0.15) is 0 Å². The van der Waals surface area contributed by atoms with Gasteiger partial charge in [0.15, 0.2) is 0 Å². The van der Waals surface area contributed by atoms with Gasteiger partial charge in [-0.05, 0) is 18.1 Å². The van der Waals surface area contributed by atoms with Crippen molar-refractivity contribution >= 4 is 18.0 Å². The highest BCUT2D eigenvalue weighted by molar-refractivity contribution is 5.87. The summed E-state index contributed by atoms with van der Waals surface area (Å²) in [7, 11) is 0. The van der Waals surface area contributed by atoms with Crippen LogP contribution in [0.25, 0.3) is 6.08 Å². The molecule has 1 aromatic rings. The summed E-state index contributed by atoms with van der Waals surface area (Å²) in [6, 6.07) is 9.36. The molecule has 0 aromatic heterocycles. The van der Waals surface area contributed by atoms with E-state index >= 15 is 0 Å². The number of carboxylic acid groups (broad SMARTS) is 1. The Morgan fingerprint density at radius 3 is 2.58 bits per heavy atom. The summed E-state index contributed by atoms with van der Waals surface area (Å²) in [6.07, 6.45) is 3.57. The van der Waals surface area contributed by atoms with Crippen molar-refractivity contribution in [2.24, 2.45) is 0 Å². The van der Waals surface area contributed by atoms with Crippen molar-refractivity contribution in [3.63, 3.8) is 0 Å². The average Bonchev–Trinajstić information content (AvgIpc) is 2.37. The lowest BCUT2D eigenvalue weighted by Crippen LogP contribution is -2.20. The van der Waals surface area contributed by atoms with E-state index in [1.165, 1.54) is 6.08 Å². The summed E-state index contributed by atoms with van der Waals surface area (Å²) in [5.41, 5.74) is 0.893. The van der Waals surface area contributed by atoms with Gasteiger partial charge in [-0.15, -0.1) is 0 Å². The van der Waals surface area contributed by atoms with Crippen LogP contribution < -0.4 is 0 Å². The number of carbonyl (C=O) groups is 2. The van der Waals surface area contributed by atoms with Crippen molar-refractivity contribution < 1.29 is 19.4 Å². The molecule has 1 N–H and O–H groups in total. The first-order chi connectivity index (χ1) is 9.11. The quantitative estimate of drug-likeness (QED) is 0.606. The van der Waals surface area contributed by atoms with E-state index in [9.17, 15) is 9.59 Å². The van der Waals surface area contributed by atoms with Crippen molar-refractivity contribution in [2.45, 2.75) is 32.3 Å². The highest BCUT2D eigenvalue weighted by Crippen LogP contribution is 2.08. The van der Waals surface area contributed by atoms with Gasteiger partial charge in [-0.25, -0.2) is 4.79 Å². The Morgan fingerprint density at radius 1 is 1.32 bits per heavy atom. The van der Waals surface area contributed by atoms with Crippen LogP contribution >= 0.6 is 0 Å². The smallest absolute Gasteiger partial charge is 0.331 e. The standard InChI is InChI=1S/C15H18O4/c1-2-6-13(11-14(16)17)19-15(18)10-9-12-7-4-3-5-8-12/h3-5,7-10,13H,2,6,11H2,1H3,(H,16,17). The minimum Gasteiger partial charge on any atom is -0.481 e. The average molecular weight is 262 g/mol. The molecule has 0 bridgehead atoms. The molecule has 0 saturated heterocycles. The molecule has 0 spiro atoms. The maximum absolute atomic E-state index is 11.6. The van der Waals surface area contributed by atoms with Crippen LogP contribution in [-0.2, 0) is 14.3 Å². The molecule has 0 radical (unpaired) electrons. The number of ether oxygens (including phenoxy) is 1. The van der Waals surface area contributed by atoms with E-state index in [1.807, 2.05) is 37.3 Å². The second kappa shape index (κ2) is 8.08. The van der Waals surface area contributed by atoms with E-state index in [2.05, 4.69) is 0 Å². The molecule has 1 rings (SSSR count). The van der Waals surface area contributed by atoms with E-state index in [1.54, 1.807) is 6.08 Å². The van der Waals surface area contributed by atoms with Crippen molar-refractivity contribution in [3.05, 3.63) is 42.0 Å². The van der Waals surface area contributed by atoms with E-state index in [-0.39, 0.29) is 6.42 Å². The van der Waals surface area contributed by atoms with Gasteiger partial charge in [-0.1, -0.05) is 43.7 Å². The summed E-state index contributed by atoms with van der Waals surface area (Å²) < 4.78 is 5.12. The molecule has 1 unspecified atom stereocenters. The number of hydrogen-bond donors (Lipinski definition) is 1. The lowest BCUT2D eigenvalue weighted by Gasteiger charge is -2.13. The van der Waals surface area contributed by atoms with Gasteiger partial charge in [0.05, 0.1) is 6.42 Å². The maximum atomic E-state index is 11.6. The van der Waals surface area contributed by atoms with Gasteiger partial charge in [-0.3, -0.25) is 4.79 Å². The summed E-state index contributed by atoms with van der Waals surface area (Å²) in [5.74, 6) is -1.47. The van der Waals surface area contributed by atoms with Gasteiger partial charge in [0.25, 0.3) is 0 Å². The van der Waals surface area contributed by atoms with Crippen LogP contribution in [0.1, 0.15) is 31.7 Å². The topological polar surface area (TPSA) is 63.6 Å². The summed E-state index contributed by atoms with van der Waals surface area (Å²) in [4.78, 5) is 22.2.